The molecule has 32 heavy (non-hydrogen) atoms. The van der Waals surface area contributed by atoms with Crippen molar-refractivity contribution in [1.82, 2.24) is 25.7 Å². The van der Waals surface area contributed by atoms with Gasteiger partial charge < -0.3 is 20.4 Å². The predicted octanol–water partition coefficient (Wildman–Crippen LogP) is 2.35. The van der Waals surface area contributed by atoms with Gasteiger partial charge in [-0.2, -0.15) is 0 Å². The Balaban J connectivity index is 1.52. The zero-order valence-corrected chi connectivity index (χ0v) is 19.7. The first kappa shape index (κ1) is 22.8. The van der Waals surface area contributed by atoms with Gasteiger partial charge in [-0.3, -0.25) is 10.2 Å². The molecule has 0 spiro atoms. The lowest BCUT2D eigenvalue weighted by Crippen LogP contribution is -2.45. The van der Waals surface area contributed by atoms with Crippen molar-refractivity contribution < 1.29 is 4.79 Å². The second kappa shape index (κ2) is 10.5. The van der Waals surface area contributed by atoms with E-state index in [9.17, 15) is 4.79 Å². The summed E-state index contributed by atoms with van der Waals surface area (Å²) in [4.78, 5) is 26.9. The largest absolute Gasteiger partial charge is 0.354 e. The molecule has 2 aromatic rings. The van der Waals surface area contributed by atoms with Crippen molar-refractivity contribution >= 4 is 35.0 Å². The molecule has 2 unspecified atom stereocenters. The molecular weight excluding hydrogens is 424 g/mol. The van der Waals surface area contributed by atoms with Gasteiger partial charge in [-0.25, -0.2) is 15.4 Å². The fourth-order valence-electron chi connectivity index (χ4n) is 3.68. The highest BCUT2D eigenvalue weighted by Gasteiger charge is 2.22. The molecule has 2 atom stereocenters. The van der Waals surface area contributed by atoms with E-state index in [1.54, 1.807) is 0 Å². The van der Waals surface area contributed by atoms with Crippen LogP contribution < -0.4 is 26.4 Å². The van der Waals surface area contributed by atoms with Crippen LogP contribution in [0.15, 0.2) is 40.4 Å². The Hall–Kier alpha value is -2.40. The fourth-order valence-corrected chi connectivity index (χ4v) is 4.45. The summed E-state index contributed by atoms with van der Waals surface area (Å²) in [6.07, 6.45) is 1.56. The third kappa shape index (κ3) is 6.10. The van der Waals surface area contributed by atoms with E-state index in [1.807, 2.05) is 37.3 Å². The number of likely N-dealkylation sites (N-methyl/N-ethyl adjacent to an activating group) is 1. The minimum atomic E-state index is 0.00802. The lowest BCUT2D eigenvalue weighted by atomic mass is 10.2. The van der Waals surface area contributed by atoms with Crippen molar-refractivity contribution in [1.29, 1.82) is 0 Å². The van der Waals surface area contributed by atoms with E-state index in [1.165, 1.54) is 11.8 Å². The SMILES string of the molecule is CCC(=O)Nc1ccc(Sc2nc(NC3CC(C)NN3)cc(N3CCN(C)CC3)n2)cc1. The van der Waals surface area contributed by atoms with Crippen LogP contribution in [0.25, 0.3) is 0 Å². The summed E-state index contributed by atoms with van der Waals surface area (Å²) in [6.45, 7) is 7.93. The zero-order valence-electron chi connectivity index (χ0n) is 18.9. The van der Waals surface area contributed by atoms with Crippen LogP contribution in [-0.4, -0.2) is 66.2 Å². The summed E-state index contributed by atoms with van der Waals surface area (Å²) in [5.74, 6) is 1.77. The molecule has 3 heterocycles. The molecule has 2 aliphatic rings. The summed E-state index contributed by atoms with van der Waals surface area (Å²) in [7, 11) is 2.15. The number of nitrogens with zero attached hydrogens (tertiary/aromatic N) is 4. The van der Waals surface area contributed by atoms with Gasteiger partial charge in [-0.05, 0) is 56.4 Å². The van der Waals surface area contributed by atoms with Crippen molar-refractivity contribution in [3.63, 3.8) is 0 Å². The molecular formula is C22H32N8OS. The number of benzene rings is 1. The van der Waals surface area contributed by atoms with Gasteiger partial charge in [0.2, 0.25) is 5.91 Å². The first-order valence-electron chi connectivity index (χ1n) is 11.2. The maximum atomic E-state index is 11.6. The van der Waals surface area contributed by atoms with Crippen LogP contribution in [0.4, 0.5) is 17.3 Å². The molecule has 1 amide bonds. The second-order valence-corrected chi connectivity index (χ2v) is 9.38. The highest BCUT2D eigenvalue weighted by atomic mass is 32.2. The lowest BCUT2D eigenvalue weighted by molar-refractivity contribution is -0.115. The van der Waals surface area contributed by atoms with Gasteiger partial charge in [0.1, 0.15) is 11.6 Å². The molecule has 0 radical (unpaired) electrons. The van der Waals surface area contributed by atoms with E-state index in [4.69, 9.17) is 9.97 Å². The number of hydrogen-bond donors (Lipinski definition) is 4. The Kier molecular flexibility index (Phi) is 7.46. The Morgan fingerprint density at radius 1 is 1.16 bits per heavy atom. The van der Waals surface area contributed by atoms with Crippen LogP contribution in [0.3, 0.4) is 0 Å². The number of hydrazine groups is 1. The van der Waals surface area contributed by atoms with Gasteiger partial charge in [-0.15, -0.1) is 0 Å². The van der Waals surface area contributed by atoms with Crippen molar-refractivity contribution in [2.75, 3.05) is 48.8 Å². The molecule has 1 aromatic carbocycles. The van der Waals surface area contributed by atoms with Crippen LogP contribution in [0.5, 0.6) is 0 Å². The Morgan fingerprint density at radius 3 is 2.56 bits per heavy atom. The molecule has 172 valence electrons. The molecule has 10 heteroatoms. The number of carbonyl (C=O) groups excluding carboxylic acids is 1. The third-order valence-corrected chi connectivity index (χ3v) is 6.48. The first-order valence-corrected chi connectivity index (χ1v) is 12.0. The van der Waals surface area contributed by atoms with Crippen LogP contribution in [-0.2, 0) is 4.79 Å². The Bertz CT molecular complexity index is 917. The summed E-state index contributed by atoms with van der Waals surface area (Å²) in [5, 5.41) is 7.08. The highest BCUT2D eigenvalue weighted by Crippen LogP contribution is 2.29. The minimum Gasteiger partial charge on any atom is -0.354 e. The van der Waals surface area contributed by atoms with E-state index in [0.717, 1.165) is 54.8 Å². The van der Waals surface area contributed by atoms with Crippen LogP contribution >= 0.6 is 11.8 Å². The Morgan fingerprint density at radius 2 is 1.91 bits per heavy atom. The van der Waals surface area contributed by atoms with Gasteiger partial charge >= 0.3 is 0 Å². The molecule has 0 aliphatic carbocycles. The highest BCUT2D eigenvalue weighted by molar-refractivity contribution is 7.99. The monoisotopic (exact) mass is 456 g/mol. The molecule has 2 aliphatic heterocycles. The van der Waals surface area contributed by atoms with Crippen molar-refractivity contribution in [2.24, 2.45) is 0 Å². The van der Waals surface area contributed by atoms with E-state index >= 15 is 0 Å². The lowest BCUT2D eigenvalue weighted by Gasteiger charge is -2.33. The van der Waals surface area contributed by atoms with Gasteiger partial charge in [0.15, 0.2) is 5.16 Å². The average Bonchev–Trinajstić information content (AvgIpc) is 3.19. The van der Waals surface area contributed by atoms with E-state index < -0.39 is 0 Å². The maximum Gasteiger partial charge on any atom is 0.224 e. The molecule has 4 N–H and O–H groups in total. The molecule has 9 nitrogen and oxygen atoms in total. The smallest absolute Gasteiger partial charge is 0.224 e. The molecule has 1 aromatic heterocycles. The van der Waals surface area contributed by atoms with Gasteiger partial charge in [-0.1, -0.05) is 6.92 Å². The first-order chi connectivity index (χ1) is 15.5. The van der Waals surface area contributed by atoms with Crippen molar-refractivity contribution in [3.8, 4) is 0 Å². The van der Waals surface area contributed by atoms with Crippen molar-refractivity contribution in [2.45, 2.75) is 48.9 Å². The molecule has 0 bridgehead atoms. The summed E-state index contributed by atoms with van der Waals surface area (Å²) in [6, 6.07) is 10.2. The molecule has 0 saturated carbocycles. The van der Waals surface area contributed by atoms with Crippen molar-refractivity contribution in [3.05, 3.63) is 30.3 Å². The minimum absolute atomic E-state index is 0.00802. The van der Waals surface area contributed by atoms with E-state index in [-0.39, 0.29) is 12.1 Å². The summed E-state index contributed by atoms with van der Waals surface area (Å²) < 4.78 is 0. The molecule has 2 fully saturated rings. The number of piperazine rings is 1. The fraction of sp³-hybridized carbons (Fsp3) is 0.500. The number of hydrogen-bond acceptors (Lipinski definition) is 9. The predicted molar refractivity (Wildman–Crippen MR) is 129 cm³/mol. The standard InChI is InChI=1S/C22H32N8OS/c1-4-21(31)23-16-5-7-17(8-6-16)32-22-25-18(24-19-13-15(2)27-28-19)14-20(26-22)30-11-9-29(3)10-12-30/h5-8,14-15,19,27-28H,4,9-13H2,1-3H3,(H,23,31)(H,24,25,26). The van der Waals surface area contributed by atoms with Gasteiger partial charge in [0.05, 0.1) is 6.17 Å². The molecule has 4 rings (SSSR count). The summed E-state index contributed by atoms with van der Waals surface area (Å²) in [5.41, 5.74) is 7.31. The van der Waals surface area contributed by atoms with Gasteiger partial charge in [0.25, 0.3) is 0 Å². The van der Waals surface area contributed by atoms with Crippen LogP contribution in [0.2, 0.25) is 0 Å². The number of nitrogens with one attached hydrogen (secondary N) is 4. The van der Waals surface area contributed by atoms with Gasteiger partial charge in [0, 0.05) is 55.3 Å². The normalized spacial score (nSPS) is 21.5. The third-order valence-electron chi connectivity index (χ3n) is 5.60. The van der Waals surface area contributed by atoms with Crippen LogP contribution in [0, 0.1) is 0 Å². The van der Waals surface area contributed by atoms with Crippen LogP contribution in [0.1, 0.15) is 26.7 Å². The second-order valence-electron chi connectivity index (χ2n) is 8.33. The van der Waals surface area contributed by atoms with E-state index in [0.29, 0.717) is 17.6 Å². The Labute approximate surface area is 193 Å². The number of anilines is 3. The maximum absolute atomic E-state index is 11.6. The quantitative estimate of drug-likeness (QED) is 0.468. The topological polar surface area (TPSA) is 97.4 Å². The number of carbonyl (C=O) groups is 1. The molecule has 2 saturated heterocycles. The summed E-state index contributed by atoms with van der Waals surface area (Å²) >= 11 is 1.52. The van der Waals surface area contributed by atoms with E-state index in [2.05, 4.69) is 45.3 Å². The number of aromatic nitrogens is 2. The number of amides is 1. The number of rotatable bonds is 7. The average molecular weight is 457 g/mol. The zero-order chi connectivity index (χ0) is 22.5.